The number of amides is 1. The highest BCUT2D eigenvalue weighted by Crippen LogP contribution is 2.23. The van der Waals surface area contributed by atoms with Gasteiger partial charge < -0.3 is 10.0 Å². The van der Waals surface area contributed by atoms with Crippen molar-refractivity contribution in [2.24, 2.45) is 5.92 Å². The van der Waals surface area contributed by atoms with Crippen LogP contribution in [0.4, 0.5) is 0 Å². The second-order valence-corrected chi connectivity index (χ2v) is 6.46. The van der Waals surface area contributed by atoms with Crippen LogP contribution in [0.15, 0.2) is 16.8 Å². The standard InChI is InChI=1S/C14H19N5O2S/c1-10-6-11(8-20)2-4-18(10)13(21)7-19-14(15-16-17-19)12-3-5-22-9-12/h3,5,9-11,20H,2,4,6-8H2,1H3/t10-,11-/m1/s1. The molecule has 0 aliphatic carbocycles. The Labute approximate surface area is 132 Å². The van der Waals surface area contributed by atoms with E-state index >= 15 is 0 Å². The Balaban J connectivity index is 1.69. The number of piperidine rings is 1. The Hall–Kier alpha value is -1.80. The normalized spacial score (nSPS) is 22.0. The summed E-state index contributed by atoms with van der Waals surface area (Å²) in [4.78, 5) is 14.4. The molecular formula is C14H19N5O2S. The molecule has 1 aliphatic heterocycles. The number of hydrogen-bond donors (Lipinski definition) is 1. The van der Waals surface area contributed by atoms with Gasteiger partial charge in [0.15, 0.2) is 5.82 Å². The summed E-state index contributed by atoms with van der Waals surface area (Å²) in [5.41, 5.74) is 0.926. The molecule has 1 saturated heterocycles. The third-order valence-corrected chi connectivity index (χ3v) is 4.84. The number of tetrazole rings is 1. The van der Waals surface area contributed by atoms with Gasteiger partial charge in [-0.3, -0.25) is 4.79 Å². The highest BCUT2D eigenvalue weighted by atomic mass is 32.1. The largest absolute Gasteiger partial charge is 0.396 e. The molecule has 1 N–H and O–H groups in total. The summed E-state index contributed by atoms with van der Waals surface area (Å²) in [6, 6.07) is 2.08. The highest BCUT2D eigenvalue weighted by molar-refractivity contribution is 7.08. The average Bonchev–Trinajstić information content (AvgIpc) is 3.17. The van der Waals surface area contributed by atoms with Crippen molar-refractivity contribution in [2.45, 2.75) is 32.4 Å². The molecule has 0 saturated carbocycles. The predicted octanol–water partition coefficient (Wildman–Crippen LogP) is 1.02. The van der Waals surface area contributed by atoms with Crippen molar-refractivity contribution in [2.75, 3.05) is 13.2 Å². The molecule has 0 spiro atoms. The monoisotopic (exact) mass is 321 g/mol. The van der Waals surface area contributed by atoms with Crippen LogP contribution in [0.1, 0.15) is 19.8 Å². The van der Waals surface area contributed by atoms with Crippen molar-refractivity contribution in [3.05, 3.63) is 16.8 Å². The Kier molecular flexibility index (Phi) is 4.49. The maximum Gasteiger partial charge on any atom is 0.244 e. The second-order valence-electron chi connectivity index (χ2n) is 5.68. The quantitative estimate of drug-likeness (QED) is 0.909. The summed E-state index contributed by atoms with van der Waals surface area (Å²) in [5, 5.41) is 24.8. The van der Waals surface area contributed by atoms with E-state index in [0.717, 1.165) is 18.4 Å². The zero-order valence-electron chi connectivity index (χ0n) is 12.4. The molecule has 22 heavy (non-hydrogen) atoms. The topological polar surface area (TPSA) is 84.1 Å². The van der Waals surface area contributed by atoms with Crippen molar-refractivity contribution in [1.82, 2.24) is 25.1 Å². The molecule has 1 aliphatic rings. The Morgan fingerprint density at radius 3 is 3.09 bits per heavy atom. The molecule has 3 rings (SSSR count). The third-order valence-electron chi connectivity index (χ3n) is 4.16. The molecule has 1 amide bonds. The van der Waals surface area contributed by atoms with Crippen molar-refractivity contribution < 1.29 is 9.90 Å². The van der Waals surface area contributed by atoms with Gasteiger partial charge >= 0.3 is 0 Å². The zero-order chi connectivity index (χ0) is 15.5. The number of aliphatic hydroxyl groups is 1. The van der Waals surface area contributed by atoms with E-state index in [1.54, 1.807) is 16.0 Å². The van der Waals surface area contributed by atoms with Gasteiger partial charge in [0.25, 0.3) is 0 Å². The van der Waals surface area contributed by atoms with Crippen LogP contribution in [0, 0.1) is 5.92 Å². The maximum atomic E-state index is 12.5. The molecule has 1 fully saturated rings. The van der Waals surface area contributed by atoms with E-state index in [9.17, 15) is 9.90 Å². The first kappa shape index (κ1) is 15.1. The van der Waals surface area contributed by atoms with Gasteiger partial charge in [-0.2, -0.15) is 11.3 Å². The summed E-state index contributed by atoms with van der Waals surface area (Å²) in [5.74, 6) is 0.939. The van der Waals surface area contributed by atoms with Crippen LogP contribution in [0.25, 0.3) is 11.4 Å². The smallest absolute Gasteiger partial charge is 0.244 e. The minimum atomic E-state index is 0.0210. The van der Waals surface area contributed by atoms with Crippen LogP contribution in [0.3, 0.4) is 0 Å². The van der Waals surface area contributed by atoms with Crippen LogP contribution in [-0.4, -0.2) is 55.3 Å². The Bertz CT molecular complexity index is 627. The van der Waals surface area contributed by atoms with E-state index in [-0.39, 0.29) is 25.1 Å². The van der Waals surface area contributed by atoms with Gasteiger partial charge in [0.1, 0.15) is 6.54 Å². The number of aromatic nitrogens is 4. The molecule has 2 aromatic heterocycles. The van der Waals surface area contributed by atoms with E-state index in [1.807, 2.05) is 28.7 Å². The van der Waals surface area contributed by atoms with Crippen molar-refractivity contribution in [3.8, 4) is 11.4 Å². The molecule has 8 heteroatoms. The lowest BCUT2D eigenvalue weighted by Crippen LogP contribution is -2.46. The fourth-order valence-electron chi connectivity index (χ4n) is 2.93. The van der Waals surface area contributed by atoms with Crippen LogP contribution >= 0.6 is 11.3 Å². The van der Waals surface area contributed by atoms with E-state index < -0.39 is 0 Å². The summed E-state index contributed by atoms with van der Waals surface area (Å²) < 4.78 is 1.55. The van der Waals surface area contributed by atoms with Crippen molar-refractivity contribution in [3.63, 3.8) is 0 Å². The van der Waals surface area contributed by atoms with Crippen LogP contribution in [0.5, 0.6) is 0 Å². The molecule has 0 bridgehead atoms. The van der Waals surface area contributed by atoms with Gasteiger partial charge in [-0.25, -0.2) is 4.68 Å². The number of carbonyl (C=O) groups excluding carboxylic acids is 1. The summed E-state index contributed by atoms with van der Waals surface area (Å²) >= 11 is 1.57. The van der Waals surface area contributed by atoms with Crippen LogP contribution in [-0.2, 0) is 11.3 Å². The van der Waals surface area contributed by atoms with E-state index in [1.165, 1.54) is 0 Å². The van der Waals surface area contributed by atoms with Gasteiger partial charge in [-0.15, -0.1) is 5.10 Å². The van der Waals surface area contributed by atoms with Gasteiger partial charge in [0.05, 0.1) is 0 Å². The molecule has 2 atom stereocenters. The first-order valence-electron chi connectivity index (χ1n) is 7.38. The molecule has 3 heterocycles. The summed E-state index contributed by atoms with van der Waals surface area (Å²) in [7, 11) is 0. The second kappa shape index (κ2) is 6.53. The molecule has 0 radical (unpaired) electrons. The first-order valence-corrected chi connectivity index (χ1v) is 8.32. The number of aliphatic hydroxyl groups excluding tert-OH is 1. The number of rotatable bonds is 4. The number of likely N-dealkylation sites (tertiary alicyclic amines) is 1. The van der Waals surface area contributed by atoms with Gasteiger partial charge in [0.2, 0.25) is 5.91 Å². The van der Waals surface area contributed by atoms with Crippen LogP contribution in [0.2, 0.25) is 0 Å². The molecule has 118 valence electrons. The maximum absolute atomic E-state index is 12.5. The molecule has 0 aromatic carbocycles. The Morgan fingerprint density at radius 2 is 2.41 bits per heavy atom. The number of carbonyl (C=O) groups is 1. The number of thiophene rings is 1. The van der Waals surface area contributed by atoms with Gasteiger partial charge in [-0.1, -0.05) is 0 Å². The molecular weight excluding hydrogens is 302 g/mol. The molecule has 2 aromatic rings. The highest BCUT2D eigenvalue weighted by Gasteiger charge is 2.29. The molecule has 0 unspecified atom stereocenters. The van der Waals surface area contributed by atoms with Gasteiger partial charge in [-0.05, 0) is 47.6 Å². The van der Waals surface area contributed by atoms with E-state index in [0.29, 0.717) is 18.3 Å². The average molecular weight is 321 g/mol. The lowest BCUT2D eigenvalue weighted by Gasteiger charge is -2.37. The first-order chi connectivity index (χ1) is 10.7. The third kappa shape index (κ3) is 3.02. The SMILES string of the molecule is C[C@@H]1C[C@H](CO)CCN1C(=O)Cn1nnnc1-c1ccsc1. The fraction of sp³-hybridized carbons (Fsp3) is 0.571. The number of nitrogens with zero attached hydrogens (tertiary/aromatic N) is 5. The summed E-state index contributed by atoms with van der Waals surface area (Å²) in [6.07, 6.45) is 1.69. The van der Waals surface area contributed by atoms with Crippen molar-refractivity contribution in [1.29, 1.82) is 0 Å². The summed E-state index contributed by atoms with van der Waals surface area (Å²) in [6.45, 7) is 3.05. The number of hydrogen-bond acceptors (Lipinski definition) is 6. The van der Waals surface area contributed by atoms with Crippen molar-refractivity contribution >= 4 is 17.2 Å². The fourth-order valence-corrected chi connectivity index (χ4v) is 3.57. The minimum Gasteiger partial charge on any atom is -0.396 e. The predicted molar refractivity (Wildman–Crippen MR) is 82.1 cm³/mol. The lowest BCUT2D eigenvalue weighted by molar-refractivity contribution is -0.136. The zero-order valence-corrected chi connectivity index (χ0v) is 13.2. The van der Waals surface area contributed by atoms with E-state index in [2.05, 4.69) is 15.5 Å². The van der Waals surface area contributed by atoms with Gasteiger partial charge in [0, 0.05) is 30.1 Å². The van der Waals surface area contributed by atoms with E-state index in [4.69, 9.17) is 0 Å². The Morgan fingerprint density at radius 1 is 1.55 bits per heavy atom. The molecule has 7 nitrogen and oxygen atoms in total. The lowest BCUT2D eigenvalue weighted by atomic mass is 9.92. The van der Waals surface area contributed by atoms with Crippen LogP contribution < -0.4 is 0 Å². The minimum absolute atomic E-state index is 0.0210.